The second-order valence-corrected chi connectivity index (χ2v) is 12.8. The number of pyridine rings is 1. The van der Waals surface area contributed by atoms with Gasteiger partial charge in [-0.2, -0.15) is 11.8 Å². The molecule has 2 aromatic heterocycles. The number of aromatic nitrogens is 3. The molecule has 0 unspecified atom stereocenters. The van der Waals surface area contributed by atoms with E-state index in [1.807, 2.05) is 55.1 Å². The maximum Gasteiger partial charge on any atom is 0.255 e. The zero-order chi connectivity index (χ0) is 29.9. The summed E-state index contributed by atoms with van der Waals surface area (Å²) in [6.07, 6.45) is 3.35. The Bertz CT molecular complexity index is 1500. The molecule has 0 bridgehead atoms. The number of nitrogens with zero attached hydrogens (tertiary/aromatic N) is 5. The van der Waals surface area contributed by atoms with Crippen molar-refractivity contribution in [1.29, 1.82) is 0 Å². The van der Waals surface area contributed by atoms with Crippen molar-refractivity contribution < 1.29 is 14.3 Å². The lowest BCUT2D eigenvalue weighted by molar-refractivity contribution is -0.125. The highest BCUT2D eigenvalue weighted by molar-refractivity contribution is 7.99. The van der Waals surface area contributed by atoms with Gasteiger partial charge in [-0.25, -0.2) is 15.0 Å². The number of carbonyl (C=O) groups is 2. The summed E-state index contributed by atoms with van der Waals surface area (Å²) in [6.45, 7) is 7.39. The average Bonchev–Trinajstić information content (AvgIpc) is 3.37. The summed E-state index contributed by atoms with van der Waals surface area (Å²) in [7, 11) is 0. The summed E-state index contributed by atoms with van der Waals surface area (Å²) in [6, 6.07) is 10.8. The lowest BCUT2D eigenvalue weighted by atomic mass is 10.0. The van der Waals surface area contributed by atoms with Crippen molar-refractivity contribution in [1.82, 2.24) is 25.2 Å². The fraction of sp³-hybridized carbons (Fsp3) is 0.452. The number of fused-ring (bicyclic) bond motifs is 1. The van der Waals surface area contributed by atoms with Gasteiger partial charge in [-0.05, 0) is 50.5 Å². The van der Waals surface area contributed by atoms with E-state index in [0.717, 1.165) is 60.1 Å². The van der Waals surface area contributed by atoms with Crippen molar-refractivity contribution in [3.8, 4) is 11.3 Å². The van der Waals surface area contributed by atoms with Crippen LogP contribution in [0.15, 0.2) is 42.6 Å². The number of nitrogens with one attached hydrogen (secondary N) is 2. The van der Waals surface area contributed by atoms with Gasteiger partial charge in [0.15, 0.2) is 0 Å². The van der Waals surface area contributed by atoms with Crippen LogP contribution in [0.1, 0.15) is 54.3 Å². The maximum absolute atomic E-state index is 13.6. The number of ether oxygens (including phenoxy) is 1. The van der Waals surface area contributed by atoms with Crippen molar-refractivity contribution >= 4 is 46.9 Å². The van der Waals surface area contributed by atoms with Crippen LogP contribution in [0.4, 0.5) is 11.8 Å². The first-order chi connectivity index (χ1) is 20.9. The first-order valence-electron chi connectivity index (χ1n) is 14.8. The van der Waals surface area contributed by atoms with E-state index in [9.17, 15) is 9.59 Å². The lowest BCUT2D eigenvalue weighted by Gasteiger charge is -2.28. The average molecular weight is 622 g/mol. The Hall–Kier alpha value is -3.41. The maximum atomic E-state index is 13.6. The molecule has 5 heterocycles. The van der Waals surface area contributed by atoms with E-state index in [1.54, 1.807) is 18.0 Å². The first-order valence-corrected chi connectivity index (χ1v) is 16.3. The molecule has 2 N–H and O–H groups in total. The van der Waals surface area contributed by atoms with Crippen LogP contribution >= 0.6 is 23.4 Å². The molecule has 6 rings (SSSR count). The molecule has 0 spiro atoms. The molecular weight excluding hydrogens is 586 g/mol. The quantitative estimate of drug-likeness (QED) is 0.374. The van der Waals surface area contributed by atoms with Crippen LogP contribution in [0.5, 0.6) is 0 Å². The molecule has 3 aliphatic rings. The molecule has 12 heteroatoms. The van der Waals surface area contributed by atoms with E-state index in [1.165, 1.54) is 0 Å². The Morgan fingerprint density at radius 1 is 1.12 bits per heavy atom. The van der Waals surface area contributed by atoms with Crippen LogP contribution in [0.25, 0.3) is 11.3 Å². The number of hydrogen-bond acceptors (Lipinski definition) is 9. The predicted octanol–water partition coefficient (Wildman–Crippen LogP) is 4.56. The van der Waals surface area contributed by atoms with Gasteiger partial charge in [-0.1, -0.05) is 29.8 Å². The number of benzene rings is 1. The second-order valence-electron chi connectivity index (χ2n) is 11.2. The minimum atomic E-state index is -0.661. The number of hydrogen-bond donors (Lipinski definition) is 2. The highest BCUT2D eigenvalue weighted by Crippen LogP contribution is 2.32. The highest BCUT2D eigenvalue weighted by atomic mass is 35.5. The molecule has 3 aromatic rings. The van der Waals surface area contributed by atoms with Crippen LogP contribution in [-0.4, -0.2) is 81.6 Å². The van der Waals surface area contributed by atoms with Crippen molar-refractivity contribution in [2.75, 3.05) is 48.0 Å². The van der Waals surface area contributed by atoms with Gasteiger partial charge >= 0.3 is 0 Å². The van der Waals surface area contributed by atoms with E-state index in [0.29, 0.717) is 42.0 Å². The van der Waals surface area contributed by atoms with Gasteiger partial charge in [0.2, 0.25) is 11.9 Å². The number of rotatable bonds is 8. The summed E-state index contributed by atoms with van der Waals surface area (Å²) in [4.78, 5) is 44.6. The first kappa shape index (κ1) is 29.7. The minimum absolute atomic E-state index is 0.194. The monoisotopic (exact) mass is 621 g/mol. The normalized spacial score (nSPS) is 18.7. The molecule has 43 heavy (non-hydrogen) atoms. The van der Waals surface area contributed by atoms with Crippen LogP contribution < -0.4 is 15.5 Å². The molecule has 10 nitrogen and oxygen atoms in total. The molecule has 2 fully saturated rings. The minimum Gasteiger partial charge on any atom is -0.381 e. The van der Waals surface area contributed by atoms with Crippen LogP contribution in [-0.2, 0) is 16.1 Å². The third-order valence-electron chi connectivity index (χ3n) is 8.25. The van der Waals surface area contributed by atoms with Crippen LogP contribution in [0, 0.1) is 0 Å². The van der Waals surface area contributed by atoms with Gasteiger partial charge in [0, 0.05) is 61.5 Å². The number of halogens is 1. The van der Waals surface area contributed by atoms with E-state index in [4.69, 9.17) is 21.3 Å². The summed E-state index contributed by atoms with van der Waals surface area (Å²) in [5, 5.41) is 6.84. The SMILES string of the molecule is C[C@H](C(=O)N[C@H](C)c1cccc(N2CCSCC2)n1)N1Cc2ccc(-c3nc(NC4CCOCC4)ncc3Cl)cc2C1=O. The third kappa shape index (κ3) is 6.58. The number of carbonyl (C=O) groups excluding carboxylic acids is 2. The van der Waals surface area contributed by atoms with Crippen molar-refractivity contribution in [3.63, 3.8) is 0 Å². The molecule has 226 valence electrons. The Labute approximate surface area is 261 Å². The molecule has 3 aliphatic heterocycles. The van der Waals surface area contributed by atoms with Gasteiger partial charge in [0.1, 0.15) is 11.9 Å². The van der Waals surface area contributed by atoms with E-state index in [-0.39, 0.29) is 23.9 Å². The van der Waals surface area contributed by atoms with Crippen molar-refractivity contribution in [2.45, 2.75) is 51.4 Å². The summed E-state index contributed by atoms with van der Waals surface area (Å²) < 4.78 is 5.44. The fourth-order valence-corrected chi connectivity index (χ4v) is 6.75. The number of amides is 2. The largest absolute Gasteiger partial charge is 0.381 e. The van der Waals surface area contributed by atoms with Crippen molar-refractivity contribution in [2.24, 2.45) is 0 Å². The zero-order valence-electron chi connectivity index (χ0n) is 24.4. The van der Waals surface area contributed by atoms with Gasteiger partial charge in [-0.3, -0.25) is 9.59 Å². The summed E-state index contributed by atoms with van der Waals surface area (Å²) in [5.41, 5.74) is 3.48. The van der Waals surface area contributed by atoms with E-state index < -0.39 is 6.04 Å². The van der Waals surface area contributed by atoms with Gasteiger partial charge in [0.05, 0.1) is 28.6 Å². The fourth-order valence-electron chi connectivity index (χ4n) is 5.65. The van der Waals surface area contributed by atoms with Gasteiger partial charge in [0.25, 0.3) is 5.91 Å². The highest BCUT2D eigenvalue weighted by Gasteiger charge is 2.35. The van der Waals surface area contributed by atoms with Gasteiger partial charge < -0.3 is 25.2 Å². The molecule has 1 aromatic carbocycles. The molecule has 2 saturated heterocycles. The van der Waals surface area contributed by atoms with Gasteiger partial charge in [-0.15, -0.1) is 0 Å². The Kier molecular flexibility index (Phi) is 9.01. The predicted molar refractivity (Wildman–Crippen MR) is 170 cm³/mol. The standard InChI is InChI=1S/C31H36ClN7O3S/c1-19(26-4-3-5-27(36-26)38-10-14-43-15-11-38)34-29(40)20(2)39-18-22-7-6-21(16-24(22)30(39)41)28-25(32)17-33-31(37-28)35-23-8-12-42-13-9-23/h3-7,16-17,19-20,23H,8-15,18H2,1-2H3,(H,34,40)(H,33,35,37)/t19-,20-/m1/s1. The molecule has 0 saturated carbocycles. The third-order valence-corrected chi connectivity index (χ3v) is 9.47. The smallest absolute Gasteiger partial charge is 0.255 e. The zero-order valence-corrected chi connectivity index (χ0v) is 26.0. The van der Waals surface area contributed by atoms with Crippen LogP contribution in [0.3, 0.4) is 0 Å². The molecule has 0 aliphatic carbocycles. The molecule has 2 amide bonds. The molecule has 0 radical (unpaired) electrons. The van der Waals surface area contributed by atoms with Crippen LogP contribution in [0.2, 0.25) is 5.02 Å². The van der Waals surface area contributed by atoms with Crippen molar-refractivity contribution in [3.05, 3.63) is 64.4 Å². The Morgan fingerprint density at radius 3 is 2.70 bits per heavy atom. The summed E-state index contributed by atoms with van der Waals surface area (Å²) >= 11 is 8.46. The topological polar surface area (TPSA) is 113 Å². The summed E-state index contributed by atoms with van der Waals surface area (Å²) in [5.74, 6) is 3.19. The number of anilines is 2. The molecular formula is C31H36ClN7O3S. The Morgan fingerprint density at radius 2 is 1.91 bits per heavy atom. The lowest BCUT2D eigenvalue weighted by Crippen LogP contribution is -2.46. The van der Waals surface area contributed by atoms with E-state index in [2.05, 4.69) is 25.5 Å². The number of thioether (sulfide) groups is 1. The molecule has 2 atom stereocenters. The second kappa shape index (κ2) is 13.1. The van der Waals surface area contributed by atoms with E-state index >= 15 is 0 Å². The Balaban J connectivity index is 1.13.